The predicted molar refractivity (Wildman–Crippen MR) is 140 cm³/mol. The highest BCUT2D eigenvalue weighted by molar-refractivity contribution is 5.85. The van der Waals surface area contributed by atoms with E-state index in [9.17, 15) is 9.59 Å². The number of carbonyl (C=O) groups excluding carboxylic acids is 2. The Morgan fingerprint density at radius 3 is 2.29 bits per heavy atom. The second kappa shape index (κ2) is 10.9. The van der Waals surface area contributed by atoms with Gasteiger partial charge in [0.05, 0.1) is 6.04 Å². The maximum Gasteiger partial charge on any atom is 0.243 e. The molecule has 1 aliphatic heterocycles. The van der Waals surface area contributed by atoms with Crippen LogP contribution < -0.4 is 0 Å². The molecule has 0 bridgehead atoms. The molecule has 1 atom stereocenters. The van der Waals surface area contributed by atoms with Crippen molar-refractivity contribution in [2.24, 2.45) is 0 Å². The van der Waals surface area contributed by atoms with Crippen molar-refractivity contribution in [3.63, 3.8) is 0 Å². The number of amides is 2. The lowest BCUT2D eigenvalue weighted by atomic mass is 9.95. The second-order valence-electron chi connectivity index (χ2n) is 10.0. The summed E-state index contributed by atoms with van der Waals surface area (Å²) >= 11 is 0. The molecule has 0 spiro atoms. The number of rotatable bonds is 8. The Hall–Kier alpha value is -3.34. The molecular formula is C30H37N3O2. The summed E-state index contributed by atoms with van der Waals surface area (Å²) in [6.45, 7) is 9.83. The van der Waals surface area contributed by atoms with Gasteiger partial charge in [0, 0.05) is 37.4 Å². The van der Waals surface area contributed by atoms with E-state index in [2.05, 4.69) is 54.9 Å². The molecule has 3 aromatic rings. The maximum absolute atomic E-state index is 13.7. The zero-order valence-corrected chi connectivity index (χ0v) is 21.4. The first-order valence-electron chi connectivity index (χ1n) is 12.7. The molecule has 0 saturated carbocycles. The number of hydrogen-bond acceptors (Lipinski definition) is 2. The van der Waals surface area contributed by atoms with Crippen LogP contribution in [0.4, 0.5) is 0 Å². The minimum absolute atomic E-state index is 0.00264. The molecular weight excluding hydrogens is 434 g/mol. The summed E-state index contributed by atoms with van der Waals surface area (Å²) in [5, 5.41) is 0. The first-order chi connectivity index (χ1) is 16.8. The van der Waals surface area contributed by atoms with Gasteiger partial charge in [-0.3, -0.25) is 9.59 Å². The van der Waals surface area contributed by atoms with Gasteiger partial charge in [-0.25, -0.2) is 0 Å². The summed E-state index contributed by atoms with van der Waals surface area (Å²) in [6, 6.07) is 22.6. The Kier molecular flexibility index (Phi) is 7.74. The molecule has 2 amide bonds. The third kappa shape index (κ3) is 5.67. The number of carbonyl (C=O) groups is 2. The van der Waals surface area contributed by atoms with Gasteiger partial charge in [0.25, 0.3) is 0 Å². The zero-order chi connectivity index (χ0) is 24.9. The molecule has 1 aliphatic rings. The number of benzene rings is 2. The highest BCUT2D eigenvalue weighted by Crippen LogP contribution is 2.33. The molecule has 4 rings (SSSR count). The molecule has 2 heterocycles. The minimum Gasteiger partial charge on any atom is -0.348 e. The van der Waals surface area contributed by atoms with Crippen molar-refractivity contribution in [3.8, 4) is 0 Å². The standard InChI is InChI=1S/C30H37N3O2/c1-22(2)25-13-15-26(16-14-25)30-27-11-8-18-31(27)19-20-32(30)29(35)21-33(23(3)4)28(34)17-12-24-9-6-5-7-10-24/h5-11,13-16,18,22-23,30H,12,17,19-21H2,1-4H3. The van der Waals surface area contributed by atoms with Crippen LogP contribution in [0.3, 0.4) is 0 Å². The van der Waals surface area contributed by atoms with Gasteiger partial charge in [0.1, 0.15) is 6.54 Å². The fourth-order valence-corrected chi connectivity index (χ4v) is 4.90. The third-order valence-corrected chi connectivity index (χ3v) is 7.00. The molecule has 5 heteroatoms. The number of nitrogens with zero attached hydrogens (tertiary/aromatic N) is 3. The van der Waals surface area contributed by atoms with Crippen molar-refractivity contribution in [1.82, 2.24) is 14.4 Å². The Balaban J connectivity index is 1.53. The first-order valence-corrected chi connectivity index (χ1v) is 12.7. The highest BCUT2D eigenvalue weighted by Gasteiger charge is 2.33. The first kappa shape index (κ1) is 24.8. The lowest BCUT2D eigenvalue weighted by molar-refractivity contribution is -0.143. The van der Waals surface area contributed by atoms with Crippen LogP contribution in [0, 0.1) is 0 Å². The van der Waals surface area contributed by atoms with Crippen LogP contribution >= 0.6 is 0 Å². The van der Waals surface area contributed by atoms with Crippen molar-refractivity contribution in [2.75, 3.05) is 13.1 Å². The van der Waals surface area contributed by atoms with Crippen molar-refractivity contribution in [2.45, 2.75) is 65.1 Å². The number of aromatic nitrogens is 1. The quantitative estimate of drug-likeness (QED) is 0.441. The summed E-state index contributed by atoms with van der Waals surface area (Å²) in [4.78, 5) is 30.5. The molecule has 2 aromatic carbocycles. The van der Waals surface area contributed by atoms with Gasteiger partial charge in [0.2, 0.25) is 11.8 Å². The van der Waals surface area contributed by atoms with Crippen LogP contribution in [0.15, 0.2) is 72.9 Å². The lowest BCUT2D eigenvalue weighted by Crippen LogP contribution is -2.49. The van der Waals surface area contributed by atoms with E-state index in [0.29, 0.717) is 25.3 Å². The topological polar surface area (TPSA) is 45.6 Å². The van der Waals surface area contributed by atoms with E-state index in [0.717, 1.165) is 23.4 Å². The highest BCUT2D eigenvalue weighted by atomic mass is 16.2. The van der Waals surface area contributed by atoms with E-state index >= 15 is 0 Å². The van der Waals surface area contributed by atoms with Gasteiger partial charge in [-0.05, 0) is 55.0 Å². The molecule has 0 N–H and O–H groups in total. The van der Waals surface area contributed by atoms with Crippen LogP contribution in [-0.2, 0) is 22.6 Å². The number of hydrogen-bond donors (Lipinski definition) is 0. The molecule has 35 heavy (non-hydrogen) atoms. The van der Waals surface area contributed by atoms with Gasteiger partial charge in [-0.15, -0.1) is 0 Å². The molecule has 0 radical (unpaired) electrons. The van der Waals surface area contributed by atoms with E-state index in [4.69, 9.17) is 0 Å². The number of aryl methyl sites for hydroxylation is 1. The monoisotopic (exact) mass is 471 g/mol. The van der Waals surface area contributed by atoms with Crippen LogP contribution in [0.25, 0.3) is 0 Å². The summed E-state index contributed by atoms with van der Waals surface area (Å²) in [6.07, 6.45) is 3.16. The van der Waals surface area contributed by atoms with E-state index in [1.54, 1.807) is 4.90 Å². The van der Waals surface area contributed by atoms with Gasteiger partial charge in [-0.1, -0.05) is 68.4 Å². The molecule has 184 valence electrons. The lowest BCUT2D eigenvalue weighted by Gasteiger charge is -2.39. The summed E-state index contributed by atoms with van der Waals surface area (Å²) in [5.41, 5.74) is 4.65. The average Bonchev–Trinajstić information content (AvgIpc) is 3.34. The fraction of sp³-hybridized carbons (Fsp3) is 0.400. The normalized spacial score (nSPS) is 15.4. The fourth-order valence-electron chi connectivity index (χ4n) is 4.90. The van der Waals surface area contributed by atoms with Crippen LogP contribution in [0.5, 0.6) is 0 Å². The molecule has 5 nitrogen and oxygen atoms in total. The van der Waals surface area contributed by atoms with Crippen molar-refractivity contribution < 1.29 is 9.59 Å². The summed E-state index contributed by atoms with van der Waals surface area (Å²) in [5.74, 6) is 0.478. The Bertz CT molecular complexity index is 1130. The predicted octanol–water partition coefficient (Wildman–Crippen LogP) is 5.41. The Labute approximate surface area is 209 Å². The van der Waals surface area contributed by atoms with E-state index in [1.165, 1.54) is 5.56 Å². The zero-order valence-electron chi connectivity index (χ0n) is 21.4. The molecule has 1 aromatic heterocycles. The molecule has 0 aliphatic carbocycles. The summed E-state index contributed by atoms with van der Waals surface area (Å²) in [7, 11) is 0. The second-order valence-corrected chi connectivity index (χ2v) is 10.0. The van der Waals surface area contributed by atoms with Crippen LogP contribution in [0.2, 0.25) is 0 Å². The van der Waals surface area contributed by atoms with E-state index in [-0.39, 0.29) is 30.4 Å². The average molecular weight is 472 g/mol. The third-order valence-electron chi connectivity index (χ3n) is 7.00. The summed E-state index contributed by atoms with van der Waals surface area (Å²) < 4.78 is 2.23. The van der Waals surface area contributed by atoms with Crippen LogP contribution in [-0.4, -0.2) is 45.3 Å². The molecule has 0 fully saturated rings. The maximum atomic E-state index is 13.7. The SMILES string of the molecule is CC(C)c1ccc(C2c3cccn3CCN2C(=O)CN(C(=O)CCc2ccccc2)C(C)C)cc1. The van der Waals surface area contributed by atoms with Crippen molar-refractivity contribution >= 4 is 11.8 Å². The van der Waals surface area contributed by atoms with Gasteiger partial charge in [-0.2, -0.15) is 0 Å². The van der Waals surface area contributed by atoms with E-state index < -0.39 is 0 Å². The van der Waals surface area contributed by atoms with Crippen molar-refractivity contribution in [1.29, 1.82) is 0 Å². The number of fused-ring (bicyclic) bond motifs is 1. The molecule has 1 unspecified atom stereocenters. The van der Waals surface area contributed by atoms with Gasteiger partial charge >= 0.3 is 0 Å². The smallest absolute Gasteiger partial charge is 0.243 e. The molecule has 0 saturated heterocycles. The van der Waals surface area contributed by atoms with Gasteiger partial charge in [0.15, 0.2) is 0 Å². The Morgan fingerprint density at radius 1 is 0.914 bits per heavy atom. The largest absolute Gasteiger partial charge is 0.348 e. The Morgan fingerprint density at radius 2 is 1.63 bits per heavy atom. The van der Waals surface area contributed by atoms with E-state index in [1.807, 2.05) is 55.1 Å². The van der Waals surface area contributed by atoms with Crippen molar-refractivity contribution in [3.05, 3.63) is 95.3 Å². The minimum atomic E-state index is -0.152. The van der Waals surface area contributed by atoms with Crippen LogP contribution in [0.1, 0.15) is 68.5 Å². The van der Waals surface area contributed by atoms with Gasteiger partial charge < -0.3 is 14.4 Å².